The fourth-order valence-corrected chi connectivity index (χ4v) is 2.58. The standard InChI is InChI=1S/C15H20FN3S/c1-11(2)17-8-15-18-13(10-20-15)9-19(3)14-6-4-5-12(16)7-14/h4-7,10-11,17H,8-9H2,1-3H3. The van der Waals surface area contributed by atoms with Crippen LogP contribution in [0.15, 0.2) is 29.6 Å². The highest BCUT2D eigenvalue weighted by Crippen LogP contribution is 2.18. The van der Waals surface area contributed by atoms with Gasteiger partial charge < -0.3 is 10.2 Å². The molecule has 5 heteroatoms. The Morgan fingerprint density at radius 1 is 1.40 bits per heavy atom. The van der Waals surface area contributed by atoms with Gasteiger partial charge in [0.05, 0.1) is 12.2 Å². The molecule has 0 aliphatic heterocycles. The molecule has 20 heavy (non-hydrogen) atoms. The molecule has 1 aromatic carbocycles. The Bertz CT molecular complexity index is 554. The van der Waals surface area contributed by atoms with E-state index >= 15 is 0 Å². The van der Waals surface area contributed by atoms with Gasteiger partial charge in [0, 0.05) is 30.7 Å². The normalized spacial score (nSPS) is 11.1. The van der Waals surface area contributed by atoms with Gasteiger partial charge in [-0.05, 0) is 18.2 Å². The van der Waals surface area contributed by atoms with Gasteiger partial charge in [-0.1, -0.05) is 19.9 Å². The third kappa shape index (κ3) is 4.28. The van der Waals surface area contributed by atoms with E-state index in [1.807, 2.05) is 18.0 Å². The molecule has 0 radical (unpaired) electrons. The smallest absolute Gasteiger partial charge is 0.125 e. The van der Waals surface area contributed by atoms with Gasteiger partial charge in [0.2, 0.25) is 0 Å². The van der Waals surface area contributed by atoms with Crippen LogP contribution in [-0.4, -0.2) is 18.1 Å². The van der Waals surface area contributed by atoms with Crippen LogP contribution < -0.4 is 10.2 Å². The predicted octanol–water partition coefficient (Wildman–Crippen LogP) is 3.42. The maximum absolute atomic E-state index is 13.2. The molecule has 0 saturated heterocycles. The zero-order valence-corrected chi connectivity index (χ0v) is 12.9. The van der Waals surface area contributed by atoms with Crippen molar-refractivity contribution < 1.29 is 4.39 Å². The van der Waals surface area contributed by atoms with E-state index in [9.17, 15) is 4.39 Å². The molecule has 0 unspecified atom stereocenters. The van der Waals surface area contributed by atoms with E-state index in [1.165, 1.54) is 12.1 Å². The molecule has 0 aliphatic carbocycles. The molecular weight excluding hydrogens is 273 g/mol. The highest BCUT2D eigenvalue weighted by molar-refractivity contribution is 7.09. The Morgan fingerprint density at radius 3 is 2.90 bits per heavy atom. The Labute approximate surface area is 123 Å². The SMILES string of the molecule is CC(C)NCc1nc(CN(C)c2cccc(F)c2)cs1. The summed E-state index contributed by atoms with van der Waals surface area (Å²) in [6.45, 7) is 5.71. The zero-order valence-electron chi connectivity index (χ0n) is 12.1. The van der Waals surface area contributed by atoms with Crippen molar-refractivity contribution in [3.8, 4) is 0 Å². The van der Waals surface area contributed by atoms with Crippen LogP contribution in [0.3, 0.4) is 0 Å². The maximum atomic E-state index is 13.2. The summed E-state index contributed by atoms with van der Waals surface area (Å²) >= 11 is 1.66. The summed E-state index contributed by atoms with van der Waals surface area (Å²) < 4.78 is 13.2. The van der Waals surface area contributed by atoms with Crippen molar-refractivity contribution in [1.82, 2.24) is 10.3 Å². The number of thiazole rings is 1. The van der Waals surface area contributed by atoms with Gasteiger partial charge in [0.15, 0.2) is 0 Å². The Morgan fingerprint density at radius 2 is 2.20 bits per heavy atom. The van der Waals surface area contributed by atoms with Crippen molar-refractivity contribution in [3.63, 3.8) is 0 Å². The largest absolute Gasteiger partial charge is 0.369 e. The van der Waals surface area contributed by atoms with Crippen molar-refractivity contribution in [1.29, 1.82) is 0 Å². The van der Waals surface area contributed by atoms with Crippen molar-refractivity contribution in [2.24, 2.45) is 0 Å². The van der Waals surface area contributed by atoms with Gasteiger partial charge in [-0.15, -0.1) is 11.3 Å². The molecular formula is C15H20FN3S. The van der Waals surface area contributed by atoms with Gasteiger partial charge in [0.25, 0.3) is 0 Å². The summed E-state index contributed by atoms with van der Waals surface area (Å²) in [4.78, 5) is 6.59. The van der Waals surface area contributed by atoms with Crippen molar-refractivity contribution >= 4 is 17.0 Å². The highest BCUT2D eigenvalue weighted by atomic mass is 32.1. The van der Waals surface area contributed by atoms with E-state index in [0.717, 1.165) is 22.9 Å². The number of halogens is 1. The van der Waals surface area contributed by atoms with Crippen LogP contribution >= 0.6 is 11.3 Å². The number of hydrogen-bond acceptors (Lipinski definition) is 4. The lowest BCUT2D eigenvalue weighted by Crippen LogP contribution is -2.22. The average molecular weight is 293 g/mol. The summed E-state index contributed by atoms with van der Waals surface area (Å²) in [6, 6.07) is 7.07. The van der Waals surface area contributed by atoms with E-state index in [4.69, 9.17) is 0 Å². The molecule has 2 rings (SSSR count). The number of benzene rings is 1. The first-order valence-electron chi connectivity index (χ1n) is 6.68. The average Bonchev–Trinajstić information content (AvgIpc) is 2.84. The minimum absolute atomic E-state index is 0.213. The van der Waals surface area contributed by atoms with E-state index in [2.05, 4.69) is 29.5 Å². The Kier molecular flexibility index (Phi) is 5.09. The number of aromatic nitrogens is 1. The molecule has 0 atom stereocenters. The second-order valence-corrected chi connectivity index (χ2v) is 6.05. The van der Waals surface area contributed by atoms with Crippen molar-refractivity contribution in [2.45, 2.75) is 33.0 Å². The molecule has 3 nitrogen and oxygen atoms in total. The van der Waals surface area contributed by atoms with Gasteiger partial charge in [-0.2, -0.15) is 0 Å². The minimum Gasteiger partial charge on any atom is -0.369 e. The van der Waals surface area contributed by atoms with Crippen molar-refractivity contribution in [3.05, 3.63) is 46.2 Å². The third-order valence-electron chi connectivity index (χ3n) is 2.91. The number of hydrogen-bond donors (Lipinski definition) is 1. The van der Waals surface area contributed by atoms with Crippen LogP contribution in [0.1, 0.15) is 24.5 Å². The van der Waals surface area contributed by atoms with E-state index in [-0.39, 0.29) is 5.82 Å². The minimum atomic E-state index is -0.213. The summed E-state index contributed by atoms with van der Waals surface area (Å²) in [5, 5.41) is 6.50. The van der Waals surface area contributed by atoms with Gasteiger partial charge >= 0.3 is 0 Å². The van der Waals surface area contributed by atoms with E-state index in [0.29, 0.717) is 12.6 Å². The summed E-state index contributed by atoms with van der Waals surface area (Å²) in [6.07, 6.45) is 0. The zero-order chi connectivity index (χ0) is 14.5. The first-order valence-corrected chi connectivity index (χ1v) is 7.56. The number of anilines is 1. The summed E-state index contributed by atoms with van der Waals surface area (Å²) in [5.41, 5.74) is 1.88. The maximum Gasteiger partial charge on any atom is 0.125 e. The lowest BCUT2D eigenvalue weighted by molar-refractivity contribution is 0.586. The molecule has 0 spiro atoms. The van der Waals surface area contributed by atoms with Crippen LogP contribution in [-0.2, 0) is 13.1 Å². The van der Waals surface area contributed by atoms with Crippen molar-refractivity contribution in [2.75, 3.05) is 11.9 Å². The molecule has 0 bridgehead atoms. The first-order chi connectivity index (χ1) is 9.54. The molecule has 108 valence electrons. The summed E-state index contributed by atoms with van der Waals surface area (Å²) in [5.74, 6) is -0.213. The van der Waals surface area contributed by atoms with Crippen LogP contribution in [0, 0.1) is 5.82 Å². The molecule has 2 aromatic rings. The quantitative estimate of drug-likeness (QED) is 0.884. The molecule has 0 saturated carbocycles. The lowest BCUT2D eigenvalue weighted by Gasteiger charge is -2.17. The third-order valence-corrected chi connectivity index (χ3v) is 3.81. The summed E-state index contributed by atoms with van der Waals surface area (Å²) in [7, 11) is 1.94. The molecule has 0 aliphatic rings. The fraction of sp³-hybridized carbons (Fsp3) is 0.400. The topological polar surface area (TPSA) is 28.2 Å². The Hall–Kier alpha value is -1.46. The second-order valence-electron chi connectivity index (χ2n) is 5.10. The van der Waals surface area contributed by atoms with Crippen LogP contribution in [0.4, 0.5) is 10.1 Å². The monoisotopic (exact) mass is 293 g/mol. The van der Waals surface area contributed by atoms with Crippen LogP contribution in [0.2, 0.25) is 0 Å². The molecule has 0 fully saturated rings. The van der Waals surface area contributed by atoms with Gasteiger partial charge in [-0.3, -0.25) is 0 Å². The lowest BCUT2D eigenvalue weighted by atomic mass is 10.3. The van der Waals surface area contributed by atoms with E-state index in [1.54, 1.807) is 17.4 Å². The number of nitrogens with one attached hydrogen (secondary N) is 1. The predicted molar refractivity (Wildman–Crippen MR) is 82.6 cm³/mol. The Balaban J connectivity index is 1.96. The molecule has 1 aromatic heterocycles. The first kappa shape index (κ1) is 14.9. The molecule has 1 heterocycles. The van der Waals surface area contributed by atoms with Gasteiger partial charge in [-0.25, -0.2) is 9.37 Å². The van der Waals surface area contributed by atoms with Crippen LogP contribution in [0.25, 0.3) is 0 Å². The fourth-order valence-electron chi connectivity index (χ4n) is 1.84. The van der Waals surface area contributed by atoms with Crippen LogP contribution in [0.5, 0.6) is 0 Å². The highest BCUT2D eigenvalue weighted by Gasteiger charge is 2.07. The second kappa shape index (κ2) is 6.81. The number of nitrogens with zero attached hydrogens (tertiary/aromatic N) is 2. The van der Waals surface area contributed by atoms with Gasteiger partial charge in [0.1, 0.15) is 10.8 Å². The molecule has 1 N–H and O–H groups in total. The van der Waals surface area contributed by atoms with E-state index < -0.39 is 0 Å². The number of rotatable bonds is 6. The molecule has 0 amide bonds.